The molecule has 1 fully saturated rings. The molecule has 0 unspecified atom stereocenters. The Morgan fingerprint density at radius 3 is 2.96 bits per heavy atom. The van der Waals surface area contributed by atoms with Gasteiger partial charge in [0.2, 0.25) is 5.91 Å². The number of fused-ring (bicyclic) bond motifs is 1. The van der Waals surface area contributed by atoms with Crippen LogP contribution in [-0.2, 0) is 20.8 Å². The summed E-state index contributed by atoms with van der Waals surface area (Å²) < 4.78 is 10.1. The van der Waals surface area contributed by atoms with Crippen molar-refractivity contribution in [1.29, 1.82) is 0 Å². The fraction of sp³-hybridized carbons (Fsp3) is 0.400. The number of methoxy groups -OCH3 is 1. The minimum Gasteiger partial charge on any atom is -0.464 e. The lowest BCUT2D eigenvalue weighted by atomic mass is 9.94. The lowest BCUT2D eigenvalue weighted by Gasteiger charge is -2.26. The number of aromatic amines is 1. The quantitative estimate of drug-likeness (QED) is 0.786. The minimum absolute atomic E-state index is 0.0423. The van der Waals surface area contributed by atoms with Gasteiger partial charge in [0.05, 0.1) is 26.3 Å². The van der Waals surface area contributed by atoms with Crippen molar-refractivity contribution in [1.82, 2.24) is 10.3 Å². The van der Waals surface area contributed by atoms with Crippen LogP contribution < -0.4 is 10.2 Å². The summed E-state index contributed by atoms with van der Waals surface area (Å²) in [6.45, 7) is 2.25. The smallest absolute Gasteiger partial charge is 0.354 e. The number of carbonyl (C=O) groups is 2. The molecule has 0 bridgehead atoms. The molecule has 0 aliphatic carbocycles. The molecule has 3 heterocycles. The number of esters is 1. The van der Waals surface area contributed by atoms with Crippen molar-refractivity contribution >= 4 is 17.6 Å². The van der Waals surface area contributed by atoms with Crippen molar-refractivity contribution in [3.8, 4) is 0 Å². The molecule has 7 nitrogen and oxygen atoms in total. The predicted octanol–water partition coefficient (Wildman–Crippen LogP) is 1.81. The van der Waals surface area contributed by atoms with E-state index in [1.165, 1.54) is 18.4 Å². The van der Waals surface area contributed by atoms with Crippen molar-refractivity contribution in [2.24, 2.45) is 0 Å². The van der Waals surface area contributed by atoms with Crippen molar-refractivity contribution in [2.75, 3.05) is 31.8 Å². The molecule has 0 spiro atoms. The molecule has 7 heteroatoms. The number of ether oxygens (including phenoxy) is 2. The van der Waals surface area contributed by atoms with Crippen LogP contribution in [0.2, 0.25) is 0 Å². The van der Waals surface area contributed by atoms with Gasteiger partial charge in [-0.25, -0.2) is 4.79 Å². The van der Waals surface area contributed by atoms with E-state index in [-0.39, 0.29) is 24.5 Å². The number of nitrogens with one attached hydrogen (secondary N) is 2. The Kier molecular flexibility index (Phi) is 4.85. The van der Waals surface area contributed by atoms with E-state index in [0.717, 1.165) is 18.7 Å². The maximum Gasteiger partial charge on any atom is 0.354 e. The molecule has 1 aromatic heterocycles. The number of H-pyrrole nitrogens is 1. The first-order valence-electron chi connectivity index (χ1n) is 9.11. The third-order valence-corrected chi connectivity index (χ3v) is 5.16. The van der Waals surface area contributed by atoms with E-state index in [1.807, 2.05) is 12.1 Å². The van der Waals surface area contributed by atoms with Crippen LogP contribution >= 0.6 is 0 Å². The van der Waals surface area contributed by atoms with E-state index in [2.05, 4.69) is 33.4 Å². The van der Waals surface area contributed by atoms with Crippen LogP contribution in [0.4, 0.5) is 5.69 Å². The maximum atomic E-state index is 11.6. The van der Waals surface area contributed by atoms with Gasteiger partial charge in [0.25, 0.3) is 0 Å². The highest BCUT2D eigenvalue weighted by Gasteiger charge is 2.32. The molecule has 142 valence electrons. The summed E-state index contributed by atoms with van der Waals surface area (Å²) in [7, 11) is 1.37. The fourth-order valence-electron chi connectivity index (χ4n) is 3.98. The first-order chi connectivity index (χ1) is 13.1. The van der Waals surface area contributed by atoms with Crippen LogP contribution in [0.3, 0.4) is 0 Å². The van der Waals surface area contributed by atoms with Crippen LogP contribution in [0.25, 0.3) is 0 Å². The monoisotopic (exact) mass is 369 g/mol. The molecular formula is C20H23N3O4. The van der Waals surface area contributed by atoms with Gasteiger partial charge in [0, 0.05) is 23.8 Å². The summed E-state index contributed by atoms with van der Waals surface area (Å²) in [6.07, 6.45) is 0.845. The number of hydrogen-bond acceptors (Lipinski definition) is 5. The average Bonchev–Trinajstić information content (AvgIpc) is 3.27. The van der Waals surface area contributed by atoms with Crippen LogP contribution in [-0.4, -0.2) is 49.8 Å². The summed E-state index contributed by atoms with van der Waals surface area (Å²) >= 11 is 0. The summed E-state index contributed by atoms with van der Waals surface area (Å²) in [5.74, 6) is -0.0895. The topological polar surface area (TPSA) is 83.7 Å². The number of anilines is 1. The Balaban J connectivity index is 1.49. The van der Waals surface area contributed by atoms with Gasteiger partial charge < -0.3 is 24.7 Å². The number of benzene rings is 1. The SMILES string of the molecule is COC(=O)c1ccc(CN2C[C@@H](C[C@@H]3COCC(=O)N3)c3ccccc32)[nH]1. The second-order valence-electron chi connectivity index (χ2n) is 7.04. The van der Waals surface area contributed by atoms with Crippen LogP contribution in [0, 0.1) is 0 Å². The summed E-state index contributed by atoms with van der Waals surface area (Å²) in [5, 5.41) is 3.02. The van der Waals surface area contributed by atoms with Crippen LogP contribution in [0.1, 0.15) is 34.1 Å². The third-order valence-electron chi connectivity index (χ3n) is 5.16. The van der Waals surface area contributed by atoms with Crippen LogP contribution in [0.5, 0.6) is 0 Å². The van der Waals surface area contributed by atoms with E-state index >= 15 is 0 Å². The fourth-order valence-corrected chi connectivity index (χ4v) is 3.98. The predicted molar refractivity (Wildman–Crippen MR) is 99.7 cm³/mol. The standard InChI is InChI=1S/C20H23N3O4/c1-26-20(25)17-7-6-14(21-17)10-23-9-13(16-4-2-3-5-18(16)23)8-15-11-27-12-19(24)22-15/h2-7,13,15,21H,8-12H2,1H3,(H,22,24)/t13-,15-/m1/s1. The zero-order valence-corrected chi connectivity index (χ0v) is 15.2. The van der Waals surface area contributed by atoms with Crippen molar-refractivity contribution in [2.45, 2.75) is 24.9 Å². The molecule has 2 N–H and O–H groups in total. The van der Waals surface area contributed by atoms with E-state index in [4.69, 9.17) is 9.47 Å². The normalized spacial score (nSPS) is 21.7. The number of amides is 1. The Bertz CT molecular complexity index is 847. The molecule has 0 radical (unpaired) electrons. The first-order valence-corrected chi connectivity index (χ1v) is 9.11. The minimum atomic E-state index is -0.367. The van der Waals surface area contributed by atoms with Gasteiger partial charge in [-0.1, -0.05) is 18.2 Å². The number of para-hydroxylation sites is 1. The second kappa shape index (κ2) is 7.44. The summed E-state index contributed by atoms with van der Waals surface area (Å²) in [5.41, 5.74) is 3.90. The molecule has 2 aliphatic rings. The molecule has 2 aromatic rings. The highest BCUT2D eigenvalue weighted by atomic mass is 16.5. The van der Waals surface area contributed by atoms with E-state index in [1.54, 1.807) is 6.07 Å². The summed E-state index contributed by atoms with van der Waals surface area (Å²) in [6, 6.07) is 12.1. The average molecular weight is 369 g/mol. The van der Waals surface area contributed by atoms with Crippen LogP contribution in [0.15, 0.2) is 36.4 Å². The highest BCUT2D eigenvalue weighted by molar-refractivity contribution is 5.87. The highest BCUT2D eigenvalue weighted by Crippen LogP contribution is 2.39. The molecule has 1 saturated heterocycles. The van der Waals surface area contributed by atoms with Gasteiger partial charge in [-0.15, -0.1) is 0 Å². The van der Waals surface area contributed by atoms with Crippen molar-refractivity contribution in [3.05, 3.63) is 53.3 Å². The lowest BCUT2D eigenvalue weighted by Crippen LogP contribution is -2.46. The molecule has 2 aliphatic heterocycles. The number of aromatic nitrogens is 1. The van der Waals surface area contributed by atoms with E-state index in [9.17, 15) is 9.59 Å². The van der Waals surface area contributed by atoms with Gasteiger partial charge in [0.1, 0.15) is 12.3 Å². The molecule has 27 heavy (non-hydrogen) atoms. The van der Waals surface area contributed by atoms with Crippen molar-refractivity contribution in [3.63, 3.8) is 0 Å². The molecule has 0 saturated carbocycles. The van der Waals surface area contributed by atoms with Gasteiger partial charge in [-0.05, 0) is 30.2 Å². The third kappa shape index (κ3) is 3.68. The number of hydrogen-bond donors (Lipinski definition) is 2. The Morgan fingerprint density at radius 2 is 2.15 bits per heavy atom. The zero-order chi connectivity index (χ0) is 18.8. The summed E-state index contributed by atoms with van der Waals surface area (Å²) in [4.78, 5) is 28.7. The largest absolute Gasteiger partial charge is 0.464 e. The molecule has 1 aromatic carbocycles. The van der Waals surface area contributed by atoms with Gasteiger partial charge in [0.15, 0.2) is 0 Å². The lowest BCUT2D eigenvalue weighted by molar-refractivity contribution is -0.131. The first kappa shape index (κ1) is 17.6. The number of morpholine rings is 1. The Morgan fingerprint density at radius 1 is 1.30 bits per heavy atom. The number of carbonyl (C=O) groups excluding carboxylic acids is 2. The number of nitrogens with zero attached hydrogens (tertiary/aromatic N) is 1. The van der Waals surface area contributed by atoms with E-state index in [0.29, 0.717) is 24.8 Å². The Hall–Kier alpha value is -2.80. The number of rotatable bonds is 5. The van der Waals surface area contributed by atoms with Gasteiger partial charge in [-0.3, -0.25) is 4.79 Å². The molecule has 4 rings (SSSR count). The van der Waals surface area contributed by atoms with Crippen molar-refractivity contribution < 1.29 is 19.1 Å². The molecule has 1 amide bonds. The second-order valence-corrected chi connectivity index (χ2v) is 7.04. The molecular weight excluding hydrogens is 346 g/mol. The zero-order valence-electron chi connectivity index (χ0n) is 15.2. The Labute approximate surface area is 157 Å². The van der Waals surface area contributed by atoms with Gasteiger partial charge >= 0.3 is 5.97 Å². The van der Waals surface area contributed by atoms with E-state index < -0.39 is 0 Å². The van der Waals surface area contributed by atoms with Gasteiger partial charge in [-0.2, -0.15) is 0 Å². The molecule has 2 atom stereocenters. The maximum absolute atomic E-state index is 11.6.